The molecule has 1 atom stereocenters. The van der Waals surface area contributed by atoms with Crippen LogP contribution in [-0.2, 0) is 16.1 Å². The van der Waals surface area contributed by atoms with Crippen LogP contribution in [0.25, 0.3) is 0 Å². The summed E-state index contributed by atoms with van der Waals surface area (Å²) in [4.78, 5) is 28.7. The second-order valence-corrected chi connectivity index (χ2v) is 5.98. The molecule has 7 nitrogen and oxygen atoms in total. The molecule has 0 fully saturated rings. The van der Waals surface area contributed by atoms with Crippen LogP contribution in [0, 0.1) is 0 Å². The minimum absolute atomic E-state index is 0.0708. The van der Waals surface area contributed by atoms with Gasteiger partial charge in [-0.2, -0.15) is 13.2 Å². The van der Waals surface area contributed by atoms with Crippen LogP contribution in [-0.4, -0.2) is 42.4 Å². The lowest BCUT2D eigenvalue weighted by Crippen LogP contribution is -3.06. The number of carbonyl (C=O) groups is 2. The predicted octanol–water partition coefficient (Wildman–Crippen LogP) is 1.41. The second-order valence-electron chi connectivity index (χ2n) is 5.98. The molecular weight excluding hydrogens is 391 g/mol. The van der Waals surface area contributed by atoms with E-state index in [4.69, 9.17) is 4.74 Å². The molecule has 0 saturated carbocycles. The first kappa shape index (κ1) is 22.2. The van der Waals surface area contributed by atoms with E-state index in [-0.39, 0.29) is 18.7 Å². The molecule has 0 aliphatic carbocycles. The molecule has 0 bridgehead atoms. The highest BCUT2D eigenvalue weighted by atomic mass is 19.4. The quantitative estimate of drug-likeness (QED) is 0.505. The van der Waals surface area contributed by atoms with Gasteiger partial charge in [0.2, 0.25) is 0 Å². The van der Waals surface area contributed by atoms with Crippen molar-refractivity contribution in [1.29, 1.82) is 0 Å². The Balaban J connectivity index is 2.37. The summed E-state index contributed by atoms with van der Waals surface area (Å²) in [6.07, 6.45) is -2.30. The number of hydrogen-bond acceptors (Lipinski definition) is 5. The molecule has 0 saturated heterocycles. The summed E-state index contributed by atoms with van der Waals surface area (Å²) in [6.45, 7) is 0.830. The molecule has 1 amide bonds. The number of benzene rings is 1. The van der Waals surface area contributed by atoms with Gasteiger partial charge < -0.3 is 14.8 Å². The molecule has 2 rings (SSSR count). The smallest absolute Gasteiger partial charge is 0.478 e. The van der Waals surface area contributed by atoms with Crippen LogP contribution >= 0.6 is 0 Å². The normalized spacial score (nSPS) is 13.3. The summed E-state index contributed by atoms with van der Waals surface area (Å²) >= 11 is 0. The summed E-state index contributed by atoms with van der Waals surface area (Å²) in [5, 5.41) is 2.51. The first-order chi connectivity index (χ1) is 13.7. The van der Waals surface area contributed by atoms with Crippen molar-refractivity contribution in [3.63, 3.8) is 0 Å². The lowest BCUT2D eigenvalue weighted by atomic mass is 10.1. The van der Waals surface area contributed by atoms with Gasteiger partial charge in [0.25, 0.3) is 5.91 Å². The van der Waals surface area contributed by atoms with E-state index < -0.39 is 23.7 Å². The van der Waals surface area contributed by atoms with Gasteiger partial charge in [-0.1, -0.05) is 6.07 Å². The summed E-state index contributed by atoms with van der Waals surface area (Å²) in [7, 11) is 1.41. The monoisotopic (exact) mass is 412 g/mol. The number of nitrogens with two attached hydrogens (primary N) is 1. The van der Waals surface area contributed by atoms with E-state index in [1.54, 1.807) is 12.1 Å². The van der Waals surface area contributed by atoms with E-state index >= 15 is 0 Å². The topological polar surface area (TPSA) is 94.1 Å². The standard InChI is InChI=1S/C19H20F3N3O4/c1-3-29-17(27)18(19(20,21)22,24-12-13-5-4-10-23-11-13)25-16(26)14-6-8-15(28-2)9-7-14/h4-11,24H,3,12H2,1-2H3,(H,25,26)/p+1/t18-/m1/s1. The fourth-order valence-corrected chi connectivity index (χ4v) is 2.52. The van der Waals surface area contributed by atoms with E-state index in [0.29, 0.717) is 16.6 Å². The van der Waals surface area contributed by atoms with E-state index in [0.717, 1.165) is 0 Å². The van der Waals surface area contributed by atoms with Crippen molar-refractivity contribution in [2.24, 2.45) is 0 Å². The summed E-state index contributed by atoms with van der Waals surface area (Å²) in [6, 6.07) is 8.55. The zero-order valence-electron chi connectivity index (χ0n) is 15.8. The third-order valence-electron chi connectivity index (χ3n) is 4.07. The van der Waals surface area contributed by atoms with Gasteiger partial charge in [0.1, 0.15) is 12.3 Å². The number of nitrogens with one attached hydrogen (secondary N) is 1. The Morgan fingerprint density at radius 2 is 1.86 bits per heavy atom. The summed E-state index contributed by atoms with van der Waals surface area (Å²) < 4.78 is 51.8. The number of halogens is 3. The van der Waals surface area contributed by atoms with Crippen LogP contribution in [0.2, 0.25) is 0 Å². The van der Waals surface area contributed by atoms with Crippen molar-refractivity contribution >= 4 is 11.9 Å². The molecule has 0 spiro atoms. The van der Waals surface area contributed by atoms with Gasteiger partial charge in [0.05, 0.1) is 13.7 Å². The van der Waals surface area contributed by atoms with Crippen molar-refractivity contribution in [1.82, 2.24) is 10.3 Å². The maximum Gasteiger partial charge on any atom is 0.478 e. The van der Waals surface area contributed by atoms with Gasteiger partial charge in [-0.3, -0.25) is 15.1 Å². The van der Waals surface area contributed by atoms with Gasteiger partial charge in [-0.15, -0.1) is 0 Å². The van der Waals surface area contributed by atoms with Crippen LogP contribution in [0.15, 0.2) is 48.8 Å². The number of pyridine rings is 1. The minimum atomic E-state index is -5.14. The Labute approximate surface area is 165 Å². The Kier molecular flexibility index (Phi) is 7.16. The lowest BCUT2D eigenvalue weighted by molar-refractivity contribution is -0.757. The largest absolute Gasteiger partial charge is 0.497 e. The average molecular weight is 412 g/mol. The Hall–Kier alpha value is -3.14. The highest BCUT2D eigenvalue weighted by Crippen LogP contribution is 2.27. The van der Waals surface area contributed by atoms with E-state index in [2.05, 4.69) is 9.72 Å². The van der Waals surface area contributed by atoms with Crippen molar-refractivity contribution in [2.75, 3.05) is 13.7 Å². The fourth-order valence-electron chi connectivity index (χ4n) is 2.52. The summed E-state index contributed by atoms with van der Waals surface area (Å²) in [5.74, 6) is -2.27. The zero-order chi connectivity index (χ0) is 21.5. The number of ether oxygens (including phenoxy) is 2. The third kappa shape index (κ3) is 5.23. The third-order valence-corrected chi connectivity index (χ3v) is 4.07. The number of alkyl halides is 3. The van der Waals surface area contributed by atoms with Crippen LogP contribution in [0.1, 0.15) is 22.8 Å². The van der Waals surface area contributed by atoms with E-state index in [9.17, 15) is 22.8 Å². The highest BCUT2D eigenvalue weighted by Gasteiger charge is 2.67. The maximum atomic E-state index is 14.1. The molecule has 1 aromatic heterocycles. The molecule has 0 radical (unpaired) electrons. The molecule has 0 aliphatic rings. The van der Waals surface area contributed by atoms with Crippen molar-refractivity contribution < 1.29 is 37.6 Å². The molecule has 29 heavy (non-hydrogen) atoms. The Morgan fingerprint density at radius 1 is 1.17 bits per heavy atom. The number of aromatic nitrogens is 1. The number of esters is 1. The number of hydrogen-bond donors (Lipinski definition) is 2. The number of nitrogens with zero attached hydrogens (tertiary/aromatic N) is 1. The number of methoxy groups -OCH3 is 1. The zero-order valence-corrected chi connectivity index (χ0v) is 15.8. The summed E-state index contributed by atoms with van der Waals surface area (Å²) in [5.41, 5.74) is -2.96. The SMILES string of the molecule is CCOC(=O)[C@](NC(=O)c1ccc(OC)cc1)([NH2+]Cc1cccnc1)C(F)(F)F. The number of carbonyl (C=O) groups excluding carboxylic acids is 2. The van der Waals surface area contributed by atoms with E-state index in [1.807, 2.05) is 5.32 Å². The molecule has 10 heteroatoms. The van der Waals surface area contributed by atoms with Crippen LogP contribution < -0.4 is 15.4 Å². The maximum absolute atomic E-state index is 14.1. The van der Waals surface area contributed by atoms with Crippen molar-refractivity contribution in [3.8, 4) is 5.75 Å². The van der Waals surface area contributed by atoms with E-state index in [1.165, 1.54) is 50.7 Å². The molecule has 0 unspecified atom stereocenters. The Bertz CT molecular complexity index is 829. The molecule has 1 heterocycles. The fraction of sp³-hybridized carbons (Fsp3) is 0.316. The van der Waals surface area contributed by atoms with Crippen molar-refractivity contribution in [3.05, 3.63) is 59.9 Å². The van der Waals surface area contributed by atoms with Gasteiger partial charge >= 0.3 is 17.8 Å². The van der Waals surface area contributed by atoms with Crippen LogP contribution in [0.4, 0.5) is 13.2 Å². The Morgan fingerprint density at radius 3 is 2.38 bits per heavy atom. The average Bonchev–Trinajstić information content (AvgIpc) is 2.71. The van der Waals surface area contributed by atoms with Crippen LogP contribution in [0.5, 0.6) is 5.75 Å². The number of amides is 1. The molecule has 0 aliphatic heterocycles. The second kappa shape index (κ2) is 9.37. The van der Waals surface area contributed by atoms with Crippen LogP contribution in [0.3, 0.4) is 0 Å². The molecule has 1 aromatic carbocycles. The van der Waals surface area contributed by atoms with Gasteiger partial charge in [0, 0.05) is 23.5 Å². The first-order valence-corrected chi connectivity index (χ1v) is 8.67. The van der Waals surface area contributed by atoms with Gasteiger partial charge in [-0.05, 0) is 37.3 Å². The predicted molar refractivity (Wildman–Crippen MR) is 95.7 cm³/mol. The molecular formula is C19H21F3N3O4+. The lowest BCUT2D eigenvalue weighted by Gasteiger charge is -2.31. The first-order valence-electron chi connectivity index (χ1n) is 8.67. The molecule has 2 aromatic rings. The molecule has 156 valence electrons. The van der Waals surface area contributed by atoms with Crippen molar-refractivity contribution in [2.45, 2.75) is 25.3 Å². The molecule has 3 N–H and O–H groups in total. The number of rotatable bonds is 8. The number of quaternary nitrogens is 1. The van der Waals surface area contributed by atoms with Gasteiger partial charge in [-0.25, -0.2) is 4.79 Å². The van der Waals surface area contributed by atoms with Gasteiger partial charge in [0.15, 0.2) is 0 Å². The highest BCUT2D eigenvalue weighted by molar-refractivity contribution is 5.97. The minimum Gasteiger partial charge on any atom is -0.497 e.